The SMILES string of the molecule is CS(=O)(=O)c1cccc(NCCn2ccnc2)c1N. The Morgan fingerprint density at radius 2 is 2.21 bits per heavy atom. The van der Waals surface area contributed by atoms with Crippen LogP contribution < -0.4 is 11.1 Å². The van der Waals surface area contributed by atoms with E-state index in [4.69, 9.17) is 5.73 Å². The van der Waals surface area contributed by atoms with Gasteiger partial charge in [-0.15, -0.1) is 0 Å². The van der Waals surface area contributed by atoms with Crippen molar-refractivity contribution in [2.75, 3.05) is 23.9 Å². The topological polar surface area (TPSA) is 90.0 Å². The number of para-hydroxylation sites is 1. The van der Waals surface area contributed by atoms with Crippen molar-refractivity contribution in [3.05, 3.63) is 36.9 Å². The molecule has 6 nitrogen and oxygen atoms in total. The molecule has 2 aromatic rings. The monoisotopic (exact) mass is 280 g/mol. The maximum Gasteiger partial charge on any atom is 0.177 e. The van der Waals surface area contributed by atoms with E-state index in [-0.39, 0.29) is 10.6 Å². The van der Waals surface area contributed by atoms with E-state index in [1.807, 2.05) is 10.8 Å². The summed E-state index contributed by atoms with van der Waals surface area (Å²) in [6.45, 7) is 1.36. The molecule has 0 unspecified atom stereocenters. The molecule has 0 aliphatic heterocycles. The summed E-state index contributed by atoms with van der Waals surface area (Å²) in [5.41, 5.74) is 6.76. The van der Waals surface area contributed by atoms with Crippen molar-refractivity contribution < 1.29 is 8.42 Å². The molecule has 0 saturated carbocycles. The number of rotatable bonds is 5. The van der Waals surface area contributed by atoms with Crippen molar-refractivity contribution in [2.24, 2.45) is 0 Å². The van der Waals surface area contributed by atoms with Crippen LogP contribution in [-0.2, 0) is 16.4 Å². The van der Waals surface area contributed by atoms with Gasteiger partial charge in [0.05, 0.1) is 22.6 Å². The number of nitrogen functional groups attached to an aromatic ring is 1. The molecule has 0 radical (unpaired) electrons. The molecule has 1 heterocycles. The second-order valence-corrected chi connectivity index (χ2v) is 6.20. The fourth-order valence-corrected chi connectivity index (χ4v) is 2.60. The third kappa shape index (κ3) is 3.25. The third-order valence-electron chi connectivity index (χ3n) is 2.71. The number of nitrogens with two attached hydrogens (primary N) is 1. The molecule has 0 atom stereocenters. The first kappa shape index (κ1) is 13.4. The van der Waals surface area contributed by atoms with E-state index in [9.17, 15) is 8.42 Å². The van der Waals surface area contributed by atoms with Crippen molar-refractivity contribution in [3.63, 3.8) is 0 Å². The van der Waals surface area contributed by atoms with E-state index in [1.54, 1.807) is 24.7 Å². The second-order valence-electron chi connectivity index (χ2n) is 4.22. The average molecular weight is 280 g/mol. The molecular formula is C12H16N4O2S. The van der Waals surface area contributed by atoms with Crippen LogP contribution >= 0.6 is 0 Å². The van der Waals surface area contributed by atoms with Gasteiger partial charge in [0.25, 0.3) is 0 Å². The molecule has 7 heteroatoms. The molecule has 1 aromatic carbocycles. The van der Waals surface area contributed by atoms with Gasteiger partial charge in [-0.1, -0.05) is 6.07 Å². The zero-order valence-electron chi connectivity index (χ0n) is 10.6. The van der Waals surface area contributed by atoms with E-state index in [1.165, 1.54) is 6.07 Å². The smallest absolute Gasteiger partial charge is 0.177 e. The molecule has 2 rings (SSSR count). The molecular weight excluding hydrogens is 264 g/mol. The molecule has 0 aliphatic rings. The van der Waals surface area contributed by atoms with Crippen molar-refractivity contribution in [1.29, 1.82) is 0 Å². The molecule has 0 amide bonds. The number of nitrogens with zero attached hydrogens (tertiary/aromatic N) is 2. The molecule has 3 N–H and O–H groups in total. The Morgan fingerprint density at radius 3 is 2.84 bits per heavy atom. The minimum absolute atomic E-state index is 0.153. The summed E-state index contributed by atoms with van der Waals surface area (Å²) in [7, 11) is -3.30. The number of sulfone groups is 1. The summed E-state index contributed by atoms with van der Waals surface area (Å²) in [6.07, 6.45) is 6.43. The zero-order valence-corrected chi connectivity index (χ0v) is 11.4. The number of aromatic nitrogens is 2. The molecule has 0 spiro atoms. The van der Waals surface area contributed by atoms with Crippen molar-refractivity contribution in [3.8, 4) is 0 Å². The molecule has 0 fully saturated rings. The summed E-state index contributed by atoms with van der Waals surface area (Å²) < 4.78 is 25.0. The zero-order chi connectivity index (χ0) is 13.9. The van der Waals surface area contributed by atoms with Gasteiger partial charge in [0.15, 0.2) is 9.84 Å². The van der Waals surface area contributed by atoms with Crippen LogP contribution in [0.5, 0.6) is 0 Å². The van der Waals surface area contributed by atoms with Gasteiger partial charge in [0.1, 0.15) is 0 Å². The predicted octanol–water partition coefficient (Wildman–Crippen LogP) is 0.981. The first-order valence-electron chi connectivity index (χ1n) is 5.76. The Hall–Kier alpha value is -2.02. The molecule has 19 heavy (non-hydrogen) atoms. The number of hydrogen-bond donors (Lipinski definition) is 2. The highest BCUT2D eigenvalue weighted by Crippen LogP contribution is 2.26. The Balaban J connectivity index is 2.09. The third-order valence-corrected chi connectivity index (χ3v) is 3.87. The van der Waals surface area contributed by atoms with E-state index in [0.717, 1.165) is 12.8 Å². The van der Waals surface area contributed by atoms with Gasteiger partial charge < -0.3 is 15.6 Å². The first-order valence-corrected chi connectivity index (χ1v) is 7.66. The highest BCUT2D eigenvalue weighted by atomic mass is 32.2. The van der Waals surface area contributed by atoms with Gasteiger partial charge in [-0.2, -0.15) is 0 Å². The van der Waals surface area contributed by atoms with Crippen LogP contribution in [0.1, 0.15) is 0 Å². The lowest BCUT2D eigenvalue weighted by Gasteiger charge is -2.12. The Bertz CT molecular complexity index is 650. The fraction of sp³-hybridized carbons (Fsp3) is 0.250. The Labute approximate surface area is 112 Å². The predicted molar refractivity (Wildman–Crippen MR) is 74.7 cm³/mol. The van der Waals surface area contributed by atoms with Gasteiger partial charge in [0.2, 0.25) is 0 Å². The summed E-state index contributed by atoms with van der Waals surface area (Å²) in [5.74, 6) is 0. The number of hydrogen-bond acceptors (Lipinski definition) is 5. The second kappa shape index (κ2) is 5.31. The number of anilines is 2. The summed E-state index contributed by atoms with van der Waals surface area (Å²) >= 11 is 0. The Kier molecular flexibility index (Phi) is 3.75. The van der Waals surface area contributed by atoms with E-state index in [0.29, 0.717) is 12.2 Å². The van der Waals surface area contributed by atoms with Crippen LogP contribution in [-0.4, -0.2) is 30.8 Å². The highest BCUT2D eigenvalue weighted by molar-refractivity contribution is 7.90. The maximum absolute atomic E-state index is 11.5. The maximum atomic E-state index is 11.5. The lowest BCUT2D eigenvalue weighted by molar-refractivity contribution is 0.602. The number of imidazole rings is 1. The average Bonchev–Trinajstić information content (AvgIpc) is 2.83. The molecule has 0 aliphatic carbocycles. The van der Waals surface area contributed by atoms with Crippen LogP contribution in [0.3, 0.4) is 0 Å². The van der Waals surface area contributed by atoms with Gasteiger partial charge in [-0.05, 0) is 12.1 Å². The Morgan fingerprint density at radius 1 is 1.42 bits per heavy atom. The van der Waals surface area contributed by atoms with Crippen molar-refractivity contribution in [1.82, 2.24) is 9.55 Å². The minimum atomic E-state index is -3.30. The molecule has 0 bridgehead atoms. The molecule has 1 aromatic heterocycles. The lowest BCUT2D eigenvalue weighted by Crippen LogP contribution is -2.12. The quantitative estimate of drug-likeness (QED) is 0.797. The van der Waals surface area contributed by atoms with Crippen molar-refractivity contribution in [2.45, 2.75) is 11.4 Å². The van der Waals surface area contributed by atoms with Gasteiger partial charge in [-0.3, -0.25) is 0 Å². The van der Waals surface area contributed by atoms with E-state index in [2.05, 4.69) is 10.3 Å². The van der Waals surface area contributed by atoms with Gasteiger partial charge in [0, 0.05) is 31.7 Å². The standard InChI is InChI=1S/C12H16N4O2S/c1-19(17,18)11-4-2-3-10(12(11)13)15-6-8-16-7-5-14-9-16/h2-5,7,9,15H,6,8,13H2,1H3. The van der Waals surface area contributed by atoms with E-state index >= 15 is 0 Å². The summed E-state index contributed by atoms with van der Waals surface area (Å²) in [5, 5.41) is 3.13. The van der Waals surface area contributed by atoms with Gasteiger partial charge >= 0.3 is 0 Å². The van der Waals surface area contributed by atoms with Crippen molar-refractivity contribution >= 4 is 21.2 Å². The minimum Gasteiger partial charge on any atom is -0.396 e. The van der Waals surface area contributed by atoms with Crippen LogP contribution in [0.15, 0.2) is 41.8 Å². The van der Waals surface area contributed by atoms with Crippen LogP contribution in [0.25, 0.3) is 0 Å². The first-order chi connectivity index (χ1) is 8.98. The lowest BCUT2D eigenvalue weighted by atomic mass is 10.2. The molecule has 0 saturated heterocycles. The number of benzene rings is 1. The van der Waals surface area contributed by atoms with Crippen LogP contribution in [0.4, 0.5) is 11.4 Å². The highest BCUT2D eigenvalue weighted by Gasteiger charge is 2.13. The normalized spacial score (nSPS) is 11.4. The molecule has 102 valence electrons. The summed E-state index contributed by atoms with van der Waals surface area (Å²) in [4.78, 5) is 4.10. The van der Waals surface area contributed by atoms with Gasteiger partial charge in [-0.25, -0.2) is 13.4 Å². The number of nitrogens with one attached hydrogen (secondary N) is 1. The van der Waals surface area contributed by atoms with E-state index < -0.39 is 9.84 Å². The van der Waals surface area contributed by atoms with Crippen LogP contribution in [0.2, 0.25) is 0 Å². The fourth-order valence-electron chi connectivity index (χ4n) is 1.76. The summed E-state index contributed by atoms with van der Waals surface area (Å²) in [6, 6.07) is 4.94. The van der Waals surface area contributed by atoms with Crippen LogP contribution in [0, 0.1) is 0 Å². The largest absolute Gasteiger partial charge is 0.396 e.